The van der Waals surface area contributed by atoms with E-state index in [-0.39, 0.29) is 11.8 Å². The molecule has 0 radical (unpaired) electrons. The van der Waals surface area contributed by atoms with Crippen LogP contribution in [-0.4, -0.2) is 36.4 Å². The van der Waals surface area contributed by atoms with Crippen LogP contribution in [0.5, 0.6) is 11.5 Å². The number of hydrogen-bond donors (Lipinski definition) is 0. The molecule has 2 aliphatic rings. The first-order chi connectivity index (χ1) is 11.3. The second-order valence-corrected chi connectivity index (χ2v) is 6.24. The monoisotopic (exact) mass is 335 g/mol. The third-order valence-electron chi connectivity index (χ3n) is 4.04. The quantitative estimate of drug-likeness (QED) is 0.591. The summed E-state index contributed by atoms with van der Waals surface area (Å²) in [6, 6.07) is 5.82. The molecule has 0 N–H and O–H groups in total. The SMILES string of the molecule is O=C(CCl)N(C/C=C/C1CC1)Cc1cccc2c1OCCCO2. The highest BCUT2D eigenvalue weighted by molar-refractivity contribution is 6.27. The molecule has 0 saturated heterocycles. The Hall–Kier alpha value is -1.68. The van der Waals surface area contributed by atoms with Crippen LogP contribution in [0.2, 0.25) is 0 Å². The third kappa shape index (κ3) is 4.41. The molecule has 23 heavy (non-hydrogen) atoms. The number of para-hydroxylation sites is 1. The van der Waals surface area contributed by atoms with Crippen LogP contribution in [0, 0.1) is 5.92 Å². The maximum atomic E-state index is 12.1. The minimum atomic E-state index is -0.0701. The summed E-state index contributed by atoms with van der Waals surface area (Å²) in [4.78, 5) is 13.9. The molecule has 1 aliphatic carbocycles. The standard InChI is InChI=1S/C18H22ClNO3/c19-12-17(21)20(9-2-4-14-7-8-14)13-15-5-1-6-16-18(15)23-11-3-10-22-16/h1-2,4-6,14H,3,7-13H2/b4-2+. The van der Waals surface area contributed by atoms with Crippen molar-refractivity contribution in [1.29, 1.82) is 0 Å². The largest absolute Gasteiger partial charge is 0.490 e. The van der Waals surface area contributed by atoms with Gasteiger partial charge in [-0.15, -0.1) is 11.6 Å². The molecule has 124 valence electrons. The summed E-state index contributed by atoms with van der Waals surface area (Å²) in [7, 11) is 0. The maximum absolute atomic E-state index is 12.1. The molecular weight excluding hydrogens is 314 g/mol. The van der Waals surface area contributed by atoms with E-state index in [0.717, 1.165) is 23.5 Å². The van der Waals surface area contributed by atoms with Crippen molar-refractivity contribution in [3.63, 3.8) is 0 Å². The lowest BCUT2D eigenvalue weighted by molar-refractivity contribution is -0.128. The van der Waals surface area contributed by atoms with Crippen molar-refractivity contribution in [2.24, 2.45) is 5.92 Å². The fourth-order valence-corrected chi connectivity index (χ4v) is 2.76. The van der Waals surface area contributed by atoms with Gasteiger partial charge in [0.1, 0.15) is 5.88 Å². The van der Waals surface area contributed by atoms with Crippen LogP contribution >= 0.6 is 11.6 Å². The molecule has 0 aromatic heterocycles. The predicted molar refractivity (Wildman–Crippen MR) is 90.1 cm³/mol. The first kappa shape index (κ1) is 16.2. The molecule has 0 atom stereocenters. The Balaban J connectivity index is 1.74. The molecule has 1 heterocycles. The minimum absolute atomic E-state index is 0.0103. The highest BCUT2D eigenvalue weighted by Gasteiger charge is 2.20. The fourth-order valence-electron chi connectivity index (χ4n) is 2.59. The molecule has 5 heteroatoms. The Morgan fingerprint density at radius 1 is 1.30 bits per heavy atom. The summed E-state index contributed by atoms with van der Waals surface area (Å²) in [6.45, 7) is 2.35. The van der Waals surface area contributed by atoms with E-state index in [1.165, 1.54) is 12.8 Å². The van der Waals surface area contributed by atoms with Crippen molar-refractivity contribution in [3.8, 4) is 11.5 Å². The van der Waals surface area contributed by atoms with Crippen molar-refractivity contribution < 1.29 is 14.3 Å². The van der Waals surface area contributed by atoms with Gasteiger partial charge in [0, 0.05) is 25.1 Å². The van der Waals surface area contributed by atoms with E-state index in [9.17, 15) is 4.79 Å². The lowest BCUT2D eigenvalue weighted by Crippen LogP contribution is -2.31. The minimum Gasteiger partial charge on any atom is -0.490 e. The molecule has 0 bridgehead atoms. The van der Waals surface area contributed by atoms with Gasteiger partial charge in [0.25, 0.3) is 0 Å². The molecule has 4 nitrogen and oxygen atoms in total. The predicted octanol–water partition coefficient (Wildman–Crippen LogP) is 3.38. The lowest BCUT2D eigenvalue weighted by Gasteiger charge is -2.22. The molecule has 0 unspecified atom stereocenters. The molecule has 3 rings (SSSR count). The molecule has 1 aliphatic heterocycles. The third-order valence-corrected chi connectivity index (χ3v) is 4.27. The summed E-state index contributed by atoms with van der Waals surface area (Å²) in [5.74, 6) is 2.13. The van der Waals surface area contributed by atoms with Crippen molar-refractivity contribution in [3.05, 3.63) is 35.9 Å². The van der Waals surface area contributed by atoms with Crippen molar-refractivity contribution in [2.45, 2.75) is 25.8 Å². The van der Waals surface area contributed by atoms with Gasteiger partial charge in [0.2, 0.25) is 5.91 Å². The van der Waals surface area contributed by atoms with Gasteiger partial charge in [0.05, 0.1) is 13.2 Å². The van der Waals surface area contributed by atoms with Crippen LogP contribution in [-0.2, 0) is 11.3 Å². The highest BCUT2D eigenvalue weighted by atomic mass is 35.5. The smallest absolute Gasteiger partial charge is 0.238 e. The number of rotatable bonds is 6. The maximum Gasteiger partial charge on any atom is 0.238 e. The van der Waals surface area contributed by atoms with Crippen LogP contribution < -0.4 is 9.47 Å². The summed E-state index contributed by atoms with van der Waals surface area (Å²) in [5, 5.41) is 0. The van der Waals surface area contributed by atoms with Crippen LogP contribution in [0.3, 0.4) is 0 Å². The summed E-state index contributed by atoms with van der Waals surface area (Å²) >= 11 is 5.77. The van der Waals surface area contributed by atoms with Crippen LogP contribution in [0.1, 0.15) is 24.8 Å². The van der Waals surface area contributed by atoms with E-state index in [1.54, 1.807) is 4.90 Å². The fraction of sp³-hybridized carbons (Fsp3) is 0.500. The van der Waals surface area contributed by atoms with Gasteiger partial charge >= 0.3 is 0 Å². The average molecular weight is 336 g/mol. The van der Waals surface area contributed by atoms with Crippen molar-refractivity contribution in [2.75, 3.05) is 25.6 Å². The second-order valence-electron chi connectivity index (χ2n) is 5.97. The zero-order chi connectivity index (χ0) is 16.1. The van der Waals surface area contributed by atoms with E-state index in [4.69, 9.17) is 21.1 Å². The molecule has 1 fully saturated rings. The topological polar surface area (TPSA) is 38.8 Å². The Bertz CT molecular complexity index is 584. The Kier molecular flexibility index (Phi) is 5.44. The Morgan fingerprint density at radius 3 is 2.91 bits per heavy atom. The van der Waals surface area contributed by atoms with Crippen molar-refractivity contribution >= 4 is 17.5 Å². The number of amides is 1. The molecule has 1 aromatic carbocycles. The van der Waals surface area contributed by atoms with Gasteiger partial charge in [-0.25, -0.2) is 0 Å². The van der Waals surface area contributed by atoms with E-state index < -0.39 is 0 Å². The summed E-state index contributed by atoms with van der Waals surface area (Å²) in [6.07, 6.45) is 7.65. The molecule has 0 spiro atoms. The number of fused-ring (bicyclic) bond motifs is 1. The number of allylic oxidation sites excluding steroid dienone is 1. The number of alkyl halides is 1. The first-order valence-electron chi connectivity index (χ1n) is 8.16. The van der Waals surface area contributed by atoms with Crippen LogP contribution in [0.15, 0.2) is 30.4 Å². The van der Waals surface area contributed by atoms with Gasteiger partial charge in [-0.3, -0.25) is 4.79 Å². The van der Waals surface area contributed by atoms with E-state index in [0.29, 0.717) is 32.2 Å². The van der Waals surface area contributed by atoms with Crippen molar-refractivity contribution in [1.82, 2.24) is 4.90 Å². The first-order valence-corrected chi connectivity index (χ1v) is 8.69. The number of nitrogens with zero attached hydrogens (tertiary/aromatic N) is 1. The Morgan fingerprint density at radius 2 is 2.13 bits per heavy atom. The van der Waals surface area contributed by atoms with E-state index in [1.807, 2.05) is 18.2 Å². The van der Waals surface area contributed by atoms with E-state index in [2.05, 4.69) is 12.2 Å². The number of halogens is 1. The van der Waals surface area contributed by atoms with Gasteiger partial charge in [-0.05, 0) is 24.8 Å². The zero-order valence-corrected chi connectivity index (χ0v) is 13.9. The molecule has 1 amide bonds. The lowest BCUT2D eigenvalue weighted by atomic mass is 10.1. The van der Waals surface area contributed by atoms with Gasteiger partial charge < -0.3 is 14.4 Å². The number of carbonyl (C=O) groups excluding carboxylic acids is 1. The number of hydrogen-bond acceptors (Lipinski definition) is 3. The van der Waals surface area contributed by atoms with Crippen LogP contribution in [0.4, 0.5) is 0 Å². The number of benzene rings is 1. The zero-order valence-electron chi connectivity index (χ0n) is 13.2. The molecule has 1 saturated carbocycles. The van der Waals surface area contributed by atoms with Gasteiger partial charge in [0.15, 0.2) is 11.5 Å². The van der Waals surface area contributed by atoms with Crippen LogP contribution in [0.25, 0.3) is 0 Å². The second kappa shape index (κ2) is 7.73. The summed E-state index contributed by atoms with van der Waals surface area (Å²) < 4.78 is 11.5. The van der Waals surface area contributed by atoms with E-state index >= 15 is 0 Å². The number of carbonyl (C=O) groups is 1. The normalized spacial score (nSPS) is 17.1. The molecular formula is C18H22ClNO3. The summed E-state index contributed by atoms with van der Waals surface area (Å²) in [5.41, 5.74) is 0.961. The Labute approximate surface area is 142 Å². The number of ether oxygens (including phenoxy) is 2. The highest BCUT2D eigenvalue weighted by Crippen LogP contribution is 2.34. The van der Waals surface area contributed by atoms with Gasteiger partial charge in [-0.1, -0.05) is 24.3 Å². The molecule has 1 aromatic rings. The van der Waals surface area contributed by atoms with Gasteiger partial charge in [-0.2, -0.15) is 0 Å². The average Bonchev–Trinajstić information content (AvgIpc) is 3.39.